The lowest BCUT2D eigenvalue weighted by Crippen LogP contribution is -2.56. The molecule has 0 fully saturated rings. The van der Waals surface area contributed by atoms with Crippen molar-refractivity contribution in [2.45, 2.75) is 56.2 Å². The van der Waals surface area contributed by atoms with Crippen molar-refractivity contribution in [1.29, 1.82) is 0 Å². The third kappa shape index (κ3) is 9.95. The number of hydrogen-bond donors (Lipinski definition) is 4. The topological polar surface area (TPSA) is 159 Å². The van der Waals surface area contributed by atoms with Crippen LogP contribution >= 0.6 is 0 Å². The number of benzene rings is 4. The standard InChI is InChI=1S/C36H42N4O6S/c1-25(2)19-20-40(47(45,46)30-15-7-4-8-16-30)24-33(41)31(21-26-11-5-3-6-12-26)38-36(44)32(23-34(37)42)39-35(43)29-18-17-27-13-9-10-14-28(27)22-29/h3-18,22,25,31-33,41H,19-21,23-24H2,1-2H3,(H2,37,42)(H,38,44)(H,39,43)/t31-,32-,33+/m0/s1. The van der Waals surface area contributed by atoms with Crippen LogP contribution in [0.3, 0.4) is 0 Å². The van der Waals surface area contributed by atoms with Crippen molar-refractivity contribution in [3.05, 3.63) is 114 Å². The molecule has 10 nitrogen and oxygen atoms in total. The summed E-state index contributed by atoms with van der Waals surface area (Å²) < 4.78 is 28.6. The summed E-state index contributed by atoms with van der Waals surface area (Å²) in [7, 11) is -3.98. The molecule has 4 rings (SSSR count). The van der Waals surface area contributed by atoms with Gasteiger partial charge in [-0.1, -0.05) is 92.7 Å². The van der Waals surface area contributed by atoms with Crippen molar-refractivity contribution in [1.82, 2.24) is 14.9 Å². The molecule has 0 aromatic heterocycles. The fraction of sp³-hybridized carbons (Fsp3) is 0.306. The number of aliphatic hydroxyl groups excluding tert-OH is 1. The Hall–Kier alpha value is -4.58. The number of aliphatic hydroxyl groups is 1. The molecule has 0 saturated heterocycles. The Morgan fingerprint density at radius 1 is 0.830 bits per heavy atom. The number of primary amides is 1. The summed E-state index contributed by atoms with van der Waals surface area (Å²) in [5, 5.41) is 18.8. The van der Waals surface area contributed by atoms with Crippen LogP contribution in [-0.4, -0.2) is 66.8 Å². The fourth-order valence-electron chi connectivity index (χ4n) is 5.21. The lowest BCUT2D eigenvalue weighted by atomic mass is 10.00. The minimum atomic E-state index is -3.98. The third-order valence-electron chi connectivity index (χ3n) is 7.86. The molecule has 0 spiro atoms. The molecule has 0 aliphatic carbocycles. The quantitative estimate of drug-likeness (QED) is 0.144. The highest BCUT2D eigenvalue weighted by Gasteiger charge is 2.33. The molecule has 3 atom stereocenters. The minimum absolute atomic E-state index is 0.0949. The summed E-state index contributed by atoms with van der Waals surface area (Å²) in [6.45, 7) is 3.82. The number of amides is 3. The Morgan fingerprint density at radius 2 is 1.45 bits per heavy atom. The largest absolute Gasteiger partial charge is 0.390 e. The highest BCUT2D eigenvalue weighted by molar-refractivity contribution is 7.89. The van der Waals surface area contributed by atoms with Gasteiger partial charge in [0, 0.05) is 18.7 Å². The first kappa shape index (κ1) is 35.3. The summed E-state index contributed by atoms with van der Waals surface area (Å²) in [5.41, 5.74) is 6.54. The summed E-state index contributed by atoms with van der Waals surface area (Å²) in [6, 6.07) is 27.4. The van der Waals surface area contributed by atoms with Crippen LogP contribution in [0.25, 0.3) is 10.8 Å². The van der Waals surface area contributed by atoms with Crippen LogP contribution in [0.5, 0.6) is 0 Å². The Morgan fingerprint density at radius 3 is 2.09 bits per heavy atom. The van der Waals surface area contributed by atoms with Gasteiger partial charge in [-0.25, -0.2) is 8.42 Å². The normalized spacial score (nSPS) is 13.6. The van der Waals surface area contributed by atoms with Crippen LogP contribution in [0.2, 0.25) is 0 Å². The van der Waals surface area contributed by atoms with E-state index < -0.39 is 52.4 Å². The molecule has 0 aliphatic rings. The van der Waals surface area contributed by atoms with E-state index in [0.717, 1.165) is 16.3 Å². The van der Waals surface area contributed by atoms with Gasteiger partial charge in [0.25, 0.3) is 5.91 Å². The predicted molar refractivity (Wildman–Crippen MR) is 182 cm³/mol. The number of nitrogens with one attached hydrogen (secondary N) is 2. The Kier molecular flexibility index (Phi) is 12.2. The van der Waals surface area contributed by atoms with E-state index in [1.54, 1.807) is 36.4 Å². The molecular weight excluding hydrogens is 616 g/mol. The maximum Gasteiger partial charge on any atom is 0.251 e. The van der Waals surface area contributed by atoms with E-state index >= 15 is 0 Å². The highest BCUT2D eigenvalue weighted by atomic mass is 32.2. The van der Waals surface area contributed by atoms with Crippen molar-refractivity contribution in [2.24, 2.45) is 11.7 Å². The highest BCUT2D eigenvalue weighted by Crippen LogP contribution is 2.20. The second-order valence-corrected chi connectivity index (χ2v) is 13.9. The van der Waals surface area contributed by atoms with Crippen LogP contribution in [-0.2, 0) is 26.0 Å². The molecule has 47 heavy (non-hydrogen) atoms. The Balaban J connectivity index is 1.59. The van der Waals surface area contributed by atoms with Gasteiger partial charge in [-0.05, 0) is 59.4 Å². The number of nitrogens with two attached hydrogens (primary N) is 1. The molecule has 0 heterocycles. The van der Waals surface area contributed by atoms with Crippen LogP contribution in [0.15, 0.2) is 108 Å². The molecule has 5 N–H and O–H groups in total. The molecule has 248 valence electrons. The lowest BCUT2D eigenvalue weighted by molar-refractivity contribution is -0.128. The van der Waals surface area contributed by atoms with Crippen molar-refractivity contribution in [3.8, 4) is 0 Å². The first-order valence-electron chi connectivity index (χ1n) is 15.6. The summed E-state index contributed by atoms with van der Waals surface area (Å²) in [4.78, 5) is 39.1. The predicted octanol–water partition coefficient (Wildman–Crippen LogP) is 3.64. The minimum Gasteiger partial charge on any atom is -0.390 e. The summed E-state index contributed by atoms with van der Waals surface area (Å²) in [6.07, 6.45) is -1.13. The zero-order valence-electron chi connectivity index (χ0n) is 26.6. The van der Waals surface area contributed by atoms with Crippen molar-refractivity contribution < 1.29 is 27.9 Å². The summed E-state index contributed by atoms with van der Waals surface area (Å²) >= 11 is 0. The van der Waals surface area contributed by atoms with E-state index in [0.29, 0.717) is 12.0 Å². The zero-order valence-corrected chi connectivity index (χ0v) is 27.4. The van der Waals surface area contributed by atoms with Crippen LogP contribution in [0.1, 0.15) is 42.6 Å². The van der Waals surface area contributed by atoms with Gasteiger partial charge in [0.2, 0.25) is 21.8 Å². The smallest absolute Gasteiger partial charge is 0.251 e. The van der Waals surface area contributed by atoms with Gasteiger partial charge in [-0.15, -0.1) is 0 Å². The molecule has 4 aromatic rings. The van der Waals surface area contributed by atoms with E-state index in [-0.39, 0.29) is 30.3 Å². The molecule has 0 unspecified atom stereocenters. The Labute approximate surface area is 276 Å². The molecule has 0 aliphatic heterocycles. The van der Waals surface area contributed by atoms with Gasteiger partial charge >= 0.3 is 0 Å². The number of hydrogen-bond acceptors (Lipinski definition) is 6. The molecule has 0 bridgehead atoms. The van der Waals surface area contributed by atoms with Gasteiger partial charge in [-0.2, -0.15) is 4.31 Å². The van der Waals surface area contributed by atoms with Crippen molar-refractivity contribution >= 4 is 38.5 Å². The maximum atomic E-state index is 13.7. The molecule has 4 aromatic carbocycles. The van der Waals surface area contributed by atoms with Gasteiger partial charge in [0.1, 0.15) is 6.04 Å². The SMILES string of the molecule is CC(C)CCN(C[C@@H](O)[C@H](Cc1ccccc1)NC(=O)[C@H](CC(N)=O)NC(=O)c1ccc2ccccc2c1)S(=O)(=O)c1ccccc1. The molecule has 0 radical (unpaired) electrons. The average molecular weight is 659 g/mol. The molecule has 3 amide bonds. The van der Waals surface area contributed by atoms with Crippen LogP contribution in [0, 0.1) is 5.92 Å². The van der Waals surface area contributed by atoms with E-state index in [1.165, 1.54) is 16.4 Å². The number of carbonyl (C=O) groups is 3. The zero-order chi connectivity index (χ0) is 34.0. The van der Waals surface area contributed by atoms with E-state index in [9.17, 15) is 27.9 Å². The third-order valence-corrected chi connectivity index (χ3v) is 9.74. The second kappa shape index (κ2) is 16.3. The number of carbonyl (C=O) groups excluding carboxylic acids is 3. The molecular formula is C36H42N4O6S. The second-order valence-electron chi connectivity index (χ2n) is 12.0. The first-order valence-corrected chi connectivity index (χ1v) is 17.0. The monoisotopic (exact) mass is 658 g/mol. The van der Waals surface area contributed by atoms with E-state index in [1.807, 2.05) is 68.4 Å². The number of sulfonamides is 1. The van der Waals surface area contributed by atoms with Crippen molar-refractivity contribution in [3.63, 3.8) is 0 Å². The number of rotatable bonds is 16. The fourth-order valence-corrected chi connectivity index (χ4v) is 6.70. The lowest BCUT2D eigenvalue weighted by Gasteiger charge is -2.31. The first-order chi connectivity index (χ1) is 22.4. The van der Waals surface area contributed by atoms with Crippen LogP contribution < -0.4 is 16.4 Å². The average Bonchev–Trinajstić information content (AvgIpc) is 3.06. The van der Waals surface area contributed by atoms with E-state index in [4.69, 9.17) is 5.73 Å². The number of nitrogens with zero attached hydrogens (tertiary/aromatic N) is 1. The number of fused-ring (bicyclic) bond motifs is 1. The summed E-state index contributed by atoms with van der Waals surface area (Å²) in [5.74, 6) is -1.93. The van der Waals surface area contributed by atoms with Gasteiger partial charge in [0.15, 0.2) is 0 Å². The van der Waals surface area contributed by atoms with Gasteiger partial charge in [-0.3, -0.25) is 14.4 Å². The van der Waals surface area contributed by atoms with Crippen molar-refractivity contribution in [2.75, 3.05) is 13.1 Å². The van der Waals surface area contributed by atoms with Gasteiger partial charge < -0.3 is 21.5 Å². The van der Waals surface area contributed by atoms with E-state index in [2.05, 4.69) is 10.6 Å². The molecule has 0 saturated carbocycles. The van der Waals surface area contributed by atoms with Crippen LogP contribution in [0.4, 0.5) is 0 Å². The van der Waals surface area contributed by atoms with Gasteiger partial charge in [0.05, 0.1) is 23.5 Å². The Bertz CT molecular complexity index is 1770. The maximum absolute atomic E-state index is 13.7. The molecule has 11 heteroatoms.